The van der Waals surface area contributed by atoms with Crippen LogP contribution in [0.25, 0.3) is 6.08 Å². The highest BCUT2D eigenvalue weighted by molar-refractivity contribution is 6.09. The van der Waals surface area contributed by atoms with Gasteiger partial charge in [-0.3, -0.25) is 9.59 Å². The van der Waals surface area contributed by atoms with Gasteiger partial charge in [0.1, 0.15) is 6.10 Å². The molecule has 104 valence electrons. The number of carbonyl (C=O) groups is 2. The first kappa shape index (κ1) is 13.5. The summed E-state index contributed by atoms with van der Waals surface area (Å²) in [5, 5.41) is 10.4. The van der Waals surface area contributed by atoms with E-state index in [-0.39, 0.29) is 5.78 Å². The van der Waals surface area contributed by atoms with Crippen molar-refractivity contribution in [3.8, 4) is 0 Å². The van der Waals surface area contributed by atoms with Gasteiger partial charge in [0.05, 0.1) is 5.92 Å². The van der Waals surface area contributed by atoms with E-state index in [0.717, 1.165) is 5.56 Å². The molecule has 0 bridgehead atoms. The van der Waals surface area contributed by atoms with E-state index in [0.29, 0.717) is 11.1 Å². The van der Waals surface area contributed by atoms with Gasteiger partial charge in [0.2, 0.25) is 0 Å². The fourth-order valence-electron chi connectivity index (χ4n) is 2.62. The Morgan fingerprint density at radius 2 is 1.62 bits per heavy atom. The van der Waals surface area contributed by atoms with Gasteiger partial charge in [0.25, 0.3) is 0 Å². The van der Waals surface area contributed by atoms with Crippen molar-refractivity contribution in [3.63, 3.8) is 0 Å². The van der Waals surface area contributed by atoms with Crippen LogP contribution in [0.5, 0.6) is 0 Å². The minimum Gasteiger partial charge on any atom is -0.384 e. The van der Waals surface area contributed by atoms with Crippen LogP contribution in [0.4, 0.5) is 0 Å². The van der Waals surface area contributed by atoms with E-state index in [1.165, 1.54) is 6.08 Å². The van der Waals surface area contributed by atoms with Crippen molar-refractivity contribution in [1.29, 1.82) is 0 Å². The van der Waals surface area contributed by atoms with Crippen LogP contribution in [0.15, 0.2) is 60.7 Å². The summed E-state index contributed by atoms with van der Waals surface area (Å²) in [5.74, 6) is -1.51. The lowest BCUT2D eigenvalue weighted by Gasteiger charge is -2.24. The molecule has 3 heteroatoms. The summed E-state index contributed by atoms with van der Waals surface area (Å²) >= 11 is 0. The molecule has 2 aromatic carbocycles. The number of Topliss-reactive ketones (excluding diaryl/α,β-unsaturated/α-hetero) is 1. The number of aliphatic hydroxyl groups excluding tert-OH is 1. The smallest absolute Gasteiger partial charge is 0.192 e. The number of ketones is 2. The Hall–Kier alpha value is -2.52. The Morgan fingerprint density at radius 3 is 2.38 bits per heavy atom. The van der Waals surface area contributed by atoms with E-state index in [2.05, 4.69) is 0 Å². The minimum atomic E-state index is -1.37. The highest BCUT2D eigenvalue weighted by Crippen LogP contribution is 2.31. The van der Waals surface area contributed by atoms with Crippen LogP contribution in [0.2, 0.25) is 0 Å². The maximum Gasteiger partial charge on any atom is 0.192 e. The molecule has 0 aliphatic heterocycles. The zero-order chi connectivity index (χ0) is 14.8. The first-order valence-corrected chi connectivity index (χ1v) is 6.76. The molecule has 1 aliphatic carbocycles. The van der Waals surface area contributed by atoms with Crippen molar-refractivity contribution in [2.75, 3.05) is 0 Å². The second kappa shape index (κ2) is 5.46. The summed E-state index contributed by atoms with van der Waals surface area (Å²) in [5.41, 5.74) is 1.97. The molecule has 0 saturated heterocycles. The molecular weight excluding hydrogens is 264 g/mol. The first-order valence-electron chi connectivity index (χ1n) is 6.76. The molecule has 0 heterocycles. The van der Waals surface area contributed by atoms with E-state index < -0.39 is 17.8 Å². The Labute approximate surface area is 122 Å². The minimum absolute atomic E-state index is 0.245. The number of hydrogen-bond acceptors (Lipinski definition) is 3. The van der Waals surface area contributed by atoms with Gasteiger partial charge in [0, 0.05) is 5.56 Å². The summed E-state index contributed by atoms with van der Waals surface area (Å²) in [7, 11) is 0. The molecular formula is C18H14O3. The van der Waals surface area contributed by atoms with Crippen LogP contribution in [-0.4, -0.2) is 22.8 Å². The Balaban J connectivity index is 1.98. The predicted octanol–water partition coefficient (Wildman–Crippen LogP) is 2.61. The number of benzene rings is 2. The summed E-state index contributed by atoms with van der Waals surface area (Å²) < 4.78 is 0. The molecule has 0 spiro atoms. The van der Waals surface area contributed by atoms with E-state index >= 15 is 0 Å². The largest absolute Gasteiger partial charge is 0.384 e. The van der Waals surface area contributed by atoms with Crippen molar-refractivity contribution in [2.24, 2.45) is 0 Å². The summed E-state index contributed by atoms with van der Waals surface area (Å²) in [6.07, 6.45) is 1.77. The van der Waals surface area contributed by atoms with Crippen molar-refractivity contribution in [2.45, 2.75) is 12.0 Å². The second-order valence-corrected chi connectivity index (χ2v) is 5.02. The van der Waals surface area contributed by atoms with Gasteiger partial charge in [-0.25, -0.2) is 0 Å². The number of carbonyl (C=O) groups excluding carboxylic acids is 2. The lowest BCUT2D eigenvalue weighted by molar-refractivity contribution is -0.117. The van der Waals surface area contributed by atoms with Crippen LogP contribution < -0.4 is 0 Å². The Kier molecular flexibility index (Phi) is 3.50. The molecule has 2 aromatic rings. The molecule has 0 fully saturated rings. The monoisotopic (exact) mass is 278 g/mol. The van der Waals surface area contributed by atoms with E-state index in [4.69, 9.17) is 0 Å². The number of aliphatic hydroxyl groups is 1. The Bertz CT molecular complexity index is 716. The van der Waals surface area contributed by atoms with Gasteiger partial charge < -0.3 is 5.11 Å². The fourth-order valence-corrected chi connectivity index (χ4v) is 2.62. The van der Waals surface area contributed by atoms with Gasteiger partial charge in [-0.1, -0.05) is 60.7 Å². The van der Waals surface area contributed by atoms with Gasteiger partial charge in [-0.05, 0) is 17.2 Å². The van der Waals surface area contributed by atoms with Gasteiger partial charge in [-0.15, -0.1) is 0 Å². The molecule has 1 N–H and O–H groups in total. The summed E-state index contributed by atoms with van der Waals surface area (Å²) in [6.45, 7) is 0. The number of hydrogen-bond donors (Lipinski definition) is 1. The van der Waals surface area contributed by atoms with Gasteiger partial charge >= 0.3 is 0 Å². The normalized spacial score (nSPS) is 18.1. The maximum atomic E-state index is 12.4. The SMILES string of the molecule is O=C(c1ccccc1)C(O)C1C(=O)C=Cc2ccccc21. The molecule has 0 aromatic heterocycles. The third-order valence-corrected chi connectivity index (χ3v) is 3.71. The maximum absolute atomic E-state index is 12.4. The summed E-state index contributed by atoms with van der Waals surface area (Å²) in [6, 6.07) is 15.9. The predicted molar refractivity (Wildman–Crippen MR) is 80.0 cm³/mol. The van der Waals surface area contributed by atoms with Crippen molar-refractivity contribution >= 4 is 17.6 Å². The lowest BCUT2D eigenvalue weighted by Crippen LogP contribution is -2.34. The second-order valence-electron chi connectivity index (χ2n) is 5.02. The molecule has 3 nitrogen and oxygen atoms in total. The first-order chi connectivity index (χ1) is 10.2. The molecule has 0 saturated carbocycles. The topological polar surface area (TPSA) is 54.4 Å². The molecule has 21 heavy (non-hydrogen) atoms. The highest BCUT2D eigenvalue weighted by atomic mass is 16.3. The number of rotatable bonds is 3. The molecule has 0 amide bonds. The van der Waals surface area contributed by atoms with Crippen LogP contribution in [-0.2, 0) is 4.79 Å². The van der Waals surface area contributed by atoms with Gasteiger partial charge in [-0.2, -0.15) is 0 Å². The van der Waals surface area contributed by atoms with Crippen LogP contribution in [0.3, 0.4) is 0 Å². The number of fused-ring (bicyclic) bond motifs is 1. The number of allylic oxidation sites excluding steroid dienone is 1. The molecule has 2 unspecified atom stereocenters. The van der Waals surface area contributed by atoms with Crippen molar-refractivity contribution in [3.05, 3.63) is 77.4 Å². The average Bonchev–Trinajstić information content (AvgIpc) is 2.54. The lowest BCUT2D eigenvalue weighted by atomic mass is 9.80. The third-order valence-electron chi connectivity index (χ3n) is 3.71. The molecule has 3 rings (SSSR count). The standard InChI is InChI=1S/C18H14O3/c19-15-11-10-12-6-4-5-9-14(12)16(15)18(21)17(20)13-7-2-1-3-8-13/h1-11,16,18,21H. The van der Waals surface area contributed by atoms with Crippen LogP contribution in [0.1, 0.15) is 27.4 Å². The molecule has 2 atom stereocenters. The van der Waals surface area contributed by atoms with Crippen LogP contribution >= 0.6 is 0 Å². The van der Waals surface area contributed by atoms with Crippen molar-refractivity contribution in [1.82, 2.24) is 0 Å². The zero-order valence-electron chi connectivity index (χ0n) is 11.3. The third kappa shape index (κ3) is 2.43. The average molecular weight is 278 g/mol. The van der Waals surface area contributed by atoms with Crippen molar-refractivity contribution < 1.29 is 14.7 Å². The fraction of sp³-hybridized carbons (Fsp3) is 0.111. The molecule has 0 radical (unpaired) electrons. The zero-order valence-corrected chi connectivity index (χ0v) is 11.3. The van der Waals surface area contributed by atoms with E-state index in [9.17, 15) is 14.7 Å². The van der Waals surface area contributed by atoms with Gasteiger partial charge in [0.15, 0.2) is 11.6 Å². The quantitative estimate of drug-likeness (QED) is 0.878. The highest BCUT2D eigenvalue weighted by Gasteiger charge is 2.35. The van der Waals surface area contributed by atoms with E-state index in [1.807, 2.05) is 12.1 Å². The van der Waals surface area contributed by atoms with Crippen LogP contribution in [0, 0.1) is 0 Å². The Morgan fingerprint density at radius 1 is 0.952 bits per heavy atom. The van der Waals surface area contributed by atoms with E-state index in [1.54, 1.807) is 48.5 Å². The summed E-state index contributed by atoms with van der Waals surface area (Å²) in [4.78, 5) is 24.5. The molecule has 1 aliphatic rings.